The van der Waals surface area contributed by atoms with Crippen molar-refractivity contribution in [2.24, 2.45) is 5.92 Å². The number of piperidine rings is 1. The predicted molar refractivity (Wildman–Crippen MR) is 79.6 cm³/mol. The van der Waals surface area contributed by atoms with Crippen molar-refractivity contribution < 1.29 is 14.7 Å². The van der Waals surface area contributed by atoms with E-state index in [-0.39, 0.29) is 12.5 Å². The van der Waals surface area contributed by atoms with E-state index in [4.69, 9.17) is 16.7 Å². The topological polar surface area (TPSA) is 73.4 Å². The molecule has 1 aromatic carbocycles. The van der Waals surface area contributed by atoms with E-state index in [0.717, 1.165) is 10.9 Å². The molecular weight excluding hydrogens is 292 g/mol. The second-order valence-corrected chi connectivity index (χ2v) is 5.67. The Bertz CT molecular complexity index is 710. The molecule has 3 rings (SSSR count). The van der Waals surface area contributed by atoms with Gasteiger partial charge in [0.25, 0.3) is 5.91 Å². The van der Waals surface area contributed by atoms with Crippen molar-refractivity contribution in [2.75, 3.05) is 13.1 Å². The quantitative estimate of drug-likeness (QED) is 0.896. The molecule has 2 N–H and O–H groups in total. The average molecular weight is 307 g/mol. The van der Waals surface area contributed by atoms with Crippen molar-refractivity contribution in [2.45, 2.75) is 12.8 Å². The number of fused-ring (bicyclic) bond motifs is 1. The van der Waals surface area contributed by atoms with Gasteiger partial charge in [0.2, 0.25) is 0 Å². The first-order chi connectivity index (χ1) is 10.1. The van der Waals surface area contributed by atoms with Crippen molar-refractivity contribution in [3.63, 3.8) is 0 Å². The van der Waals surface area contributed by atoms with Crippen LogP contribution in [0.5, 0.6) is 0 Å². The zero-order valence-corrected chi connectivity index (χ0v) is 12.1. The molecule has 1 saturated heterocycles. The Labute approximate surface area is 126 Å². The summed E-state index contributed by atoms with van der Waals surface area (Å²) in [5.74, 6) is -1.58. The first-order valence-corrected chi connectivity index (χ1v) is 7.24. The number of carbonyl (C=O) groups is 2. The number of benzene rings is 1. The van der Waals surface area contributed by atoms with E-state index in [9.17, 15) is 9.59 Å². The number of amides is 1. The van der Waals surface area contributed by atoms with Gasteiger partial charge in [0.15, 0.2) is 0 Å². The molecule has 0 spiro atoms. The molecule has 1 amide bonds. The van der Waals surface area contributed by atoms with Gasteiger partial charge in [0.1, 0.15) is 5.69 Å². The minimum Gasteiger partial charge on any atom is -0.481 e. The van der Waals surface area contributed by atoms with Gasteiger partial charge in [-0.2, -0.15) is 0 Å². The number of carbonyl (C=O) groups excluding carboxylic acids is 1. The number of halogens is 1. The summed E-state index contributed by atoms with van der Waals surface area (Å²) in [5.41, 5.74) is 1.14. The lowest BCUT2D eigenvalue weighted by molar-refractivity contribution is -0.143. The number of likely N-dealkylation sites (tertiary alicyclic amines) is 1. The molecule has 1 atom stereocenters. The molecule has 2 heterocycles. The van der Waals surface area contributed by atoms with Crippen molar-refractivity contribution in [3.8, 4) is 0 Å². The molecule has 0 unspecified atom stereocenters. The minimum absolute atomic E-state index is 0.234. The van der Waals surface area contributed by atoms with Crippen molar-refractivity contribution in [1.82, 2.24) is 9.88 Å². The van der Waals surface area contributed by atoms with E-state index in [1.165, 1.54) is 0 Å². The predicted octanol–water partition coefficient (Wildman–Crippen LogP) is 2.76. The van der Waals surface area contributed by atoms with Crippen LogP contribution in [0.15, 0.2) is 24.3 Å². The third-order valence-corrected chi connectivity index (χ3v) is 4.31. The number of hydrogen-bond donors (Lipinski definition) is 2. The summed E-state index contributed by atoms with van der Waals surface area (Å²) in [5, 5.41) is 10.3. The highest BCUT2D eigenvalue weighted by molar-refractivity contribution is 6.38. The Balaban J connectivity index is 1.90. The Morgan fingerprint density at radius 1 is 1.33 bits per heavy atom. The third-order valence-electron chi connectivity index (χ3n) is 3.91. The molecule has 21 heavy (non-hydrogen) atoms. The minimum atomic E-state index is -0.852. The number of carboxylic acids is 1. The maximum atomic E-state index is 12.6. The highest BCUT2D eigenvalue weighted by atomic mass is 35.5. The molecular formula is C15H15ClN2O3. The van der Waals surface area contributed by atoms with Crippen LogP contribution < -0.4 is 0 Å². The lowest BCUT2D eigenvalue weighted by atomic mass is 9.98. The van der Waals surface area contributed by atoms with Gasteiger partial charge in [-0.15, -0.1) is 0 Å². The number of carboxylic acid groups (broad SMARTS) is 1. The van der Waals surface area contributed by atoms with Crippen LogP contribution in [0.3, 0.4) is 0 Å². The van der Waals surface area contributed by atoms with Crippen LogP contribution in [0, 0.1) is 5.92 Å². The van der Waals surface area contributed by atoms with Crippen molar-refractivity contribution >= 4 is 34.4 Å². The lowest BCUT2D eigenvalue weighted by Crippen LogP contribution is -2.42. The number of aliphatic carboxylic acids is 1. The number of rotatable bonds is 2. The number of nitrogens with one attached hydrogen (secondary N) is 1. The summed E-state index contributed by atoms with van der Waals surface area (Å²) >= 11 is 6.28. The van der Waals surface area contributed by atoms with Gasteiger partial charge in [-0.3, -0.25) is 9.59 Å². The number of aromatic amines is 1. The van der Waals surface area contributed by atoms with Gasteiger partial charge < -0.3 is 15.0 Å². The van der Waals surface area contributed by atoms with Gasteiger partial charge in [-0.25, -0.2) is 0 Å². The molecule has 0 saturated carbocycles. The molecule has 0 aliphatic carbocycles. The van der Waals surface area contributed by atoms with E-state index >= 15 is 0 Å². The number of nitrogens with zero attached hydrogens (tertiary/aromatic N) is 1. The van der Waals surface area contributed by atoms with Crippen molar-refractivity contribution in [1.29, 1.82) is 0 Å². The highest BCUT2D eigenvalue weighted by Gasteiger charge is 2.30. The molecule has 0 bridgehead atoms. The Hall–Kier alpha value is -2.01. The van der Waals surface area contributed by atoms with E-state index in [1.54, 1.807) is 4.90 Å². The van der Waals surface area contributed by atoms with E-state index in [2.05, 4.69) is 4.98 Å². The summed E-state index contributed by atoms with van der Waals surface area (Å²) in [7, 11) is 0. The van der Waals surface area contributed by atoms with E-state index < -0.39 is 11.9 Å². The molecule has 5 nitrogen and oxygen atoms in total. The monoisotopic (exact) mass is 306 g/mol. The second-order valence-electron chi connectivity index (χ2n) is 5.29. The second kappa shape index (κ2) is 5.41. The maximum absolute atomic E-state index is 12.6. The van der Waals surface area contributed by atoms with Crippen LogP contribution in [0.1, 0.15) is 23.3 Å². The van der Waals surface area contributed by atoms with E-state index in [1.807, 2.05) is 24.3 Å². The first kappa shape index (κ1) is 13.9. The van der Waals surface area contributed by atoms with Crippen LogP contribution in [-0.4, -0.2) is 40.0 Å². The summed E-state index contributed by atoms with van der Waals surface area (Å²) in [6, 6.07) is 7.43. The Morgan fingerprint density at radius 3 is 2.81 bits per heavy atom. The third kappa shape index (κ3) is 2.49. The van der Waals surface area contributed by atoms with Crippen LogP contribution >= 0.6 is 11.6 Å². The van der Waals surface area contributed by atoms with E-state index in [0.29, 0.717) is 30.1 Å². The largest absolute Gasteiger partial charge is 0.481 e. The number of aromatic nitrogens is 1. The maximum Gasteiger partial charge on any atom is 0.308 e. The molecule has 1 fully saturated rings. The zero-order valence-electron chi connectivity index (χ0n) is 11.3. The Morgan fingerprint density at radius 2 is 2.10 bits per heavy atom. The van der Waals surface area contributed by atoms with Crippen molar-refractivity contribution in [3.05, 3.63) is 35.0 Å². The first-order valence-electron chi connectivity index (χ1n) is 6.86. The van der Waals surface area contributed by atoms with Gasteiger partial charge in [0, 0.05) is 24.0 Å². The SMILES string of the molecule is O=C(O)[C@H]1CCCN(C(=O)c2[nH]c3ccccc3c2Cl)C1. The summed E-state index contributed by atoms with van der Waals surface area (Å²) in [6.07, 6.45) is 1.31. The van der Waals surface area contributed by atoms with Crippen LogP contribution in [-0.2, 0) is 4.79 Å². The van der Waals surface area contributed by atoms with Crippen LogP contribution in [0.2, 0.25) is 5.02 Å². The van der Waals surface area contributed by atoms with Gasteiger partial charge >= 0.3 is 5.97 Å². The fourth-order valence-electron chi connectivity index (χ4n) is 2.78. The number of hydrogen-bond acceptors (Lipinski definition) is 2. The smallest absolute Gasteiger partial charge is 0.308 e. The zero-order chi connectivity index (χ0) is 15.0. The Kier molecular flexibility index (Phi) is 3.59. The number of para-hydroxylation sites is 1. The summed E-state index contributed by atoms with van der Waals surface area (Å²) < 4.78 is 0. The summed E-state index contributed by atoms with van der Waals surface area (Å²) in [6.45, 7) is 0.800. The van der Waals surface area contributed by atoms with Crippen LogP contribution in [0.25, 0.3) is 10.9 Å². The number of H-pyrrole nitrogens is 1. The molecule has 6 heteroatoms. The fourth-order valence-corrected chi connectivity index (χ4v) is 3.07. The lowest BCUT2D eigenvalue weighted by Gasteiger charge is -2.30. The molecule has 110 valence electrons. The average Bonchev–Trinajstić information content (AvgIpc) is 2.84. The molecule has 1 aliphatic rings. The summed E-state index contributed by atoms with van der Waals surface area (Å²) in [4.78, 5) is 28.3. The molecule has 1 aromatic heterocycles. The fraction of sp³-hybridized carbons (Fsp3) is 0.333. The molecule has 2 aromatic rings. The highest BCUT2D eigenvalue weighted by Crippen LogP contribution is 2.29. The molecule has 0 radical (unpaired) electrons. The van der Waals surface area contributed by atoms with Gasteiger partial charge in [0.05, 0.1) is 10.9 Å². The standard InChI is InChI=1S/C15H15ClN2O3/c16-12-10-5-1-2-6-11(10)17-13(12)14(19)18-7-3-4-9(8-18)15(20)21/h1-2,5-6,9,17H,3-4,7-8H2,(H,20,21)/t9-/m0/s1. The normalized spacial score (nSPS) is 18.9. The van der Waals surface area contributed by atoms with Gasteiger partial charge in [-0.1, -0.05) is 29.8 Å². The van der Waals surface area contributed by atoms with Crippen LogP contribution in [0.4, 0.5) is 0 Å². The van der Waals surface area contributed by atoms with Gasteiger partial charge in [-0.05, 0) is 18.9 Å². The molecule has 1 aliphatic heterocycles.